The molecular weight excluding hydrogens is 290 g/mol. The van der Waals surface area contributed by atoms with Crippen LogP contribution in [0.3, 0.4) is 0 Å². The van der Waals surface area contributed by atoms with Gasteiger partial charge in [0.2, 0.25) is 0 Å². The van der Waals surface area contributed by atoms with Crippen molar-refractivity contribution < 1.29 is 4.74 Å². The van der Waals surface area contributed by atoms with Gasteiger partial charge in [0.15, 0.2) is 0 Å². The summed E-state index contributed by atoms with van der Waals surface area (Å²) in [5, 5.41) is 12.2. The third-order valence-corrected chi connectivity index (χ3v) is 4.20. The maximum Gasteiger partial charge on any atom is 0.0951 e. The minimum absolute atomic E-state index is 0.145. The molecule has 0 aliphatic carbocycles. The van der Waals surface area contributed by atoms with Crippen molar-refractivity contribution in [3.8, 4) is 0 Å². The Labute approximate surface area is 129 Å². The van der Waals surface area contributed by atoms with E-state index in [9.17, 15) is 0 Å². The van der Waals surface area contributed by atoms with Crippen LogP contribution in [0, 0.1) is 6.92 Å². The van der Waals surface area contributed by atoms with Crippen LogP contribution in [0.2, 0.25) is 5.02 Å². The van der Waals surface area contributed by atoms with Crippen LogP contribution in [-0.4, -0.2) is 50.7 Å². The number of nitrogens with zero attached hydrogens (tertiary/aromatic N) is 4. The summed E-state index contributed by atoms with van der Waals surface area (Å²) >= 11 is 6.25. The van der Waals surface area contributed by atoms with E-state index in [0.29, 0.717) is 0 Å². The van der Waals surface area contributed by atoms with Crippen molar-refractivity contribution in [2.45, 2.75) is 32.5 Å². The van der Waals surface area contributed by atoms with E-state index in [2.05, 4.69) is 20.2 Å². The van der Waals surface area contributed by atoms with Gasteiger partial charge in [-0.3, -0.25) is 14.7 Å². The number of rotatable bonds is 4. The summed E-state index contributed by atoms with van der Waals surface area (Å²) in [7, 11) is 0. The second-order valence-electron chi connectivity index (χ2n) is 5.42. The Hall–Kier alpha value is -1.37. The van der Waals surface area contributed by atoms with Crippen molar-refractivity contribution >= 4 is 11.6 Å². The van der Waals surface area contributed by atoms with Crippen LogP contribution in [0.4, 0.5) is 0 Å². The maximum absolute atomic E-state index is 6.25. The molecule has 6 nitrogen and oxygen atoms in total. The number of halogens is 1. The predicted octanol–water partition coefficient (Wildman–Crippen LogP) is 1.86. The Kier molecular flexibility index (Phi) is 4.57. The van der Waals surface area contributed by atoms with E-state index in [0.717, 1.165) is 55.6 Å². The van der Waals surface area contributed by atoms with Crippen LogP contribution in [-0.2, 0) is 17.8 Å². The fraction of sp³-hybridized carbons (Fsp3) is 0.571. The fourth-order valence-electron chi connectivity index (χ4n) is 2.62. The van der Waals surface area contributed by atoms with Gasteiger partial charge in [-0.25, -0.2) is 0 Å². The van der Waals surface area contributed by atoms with E-state index >= 15 is 0 Å². The van der Waals surface area contributed by atoms with E-state index < -0.39 is 0 Å². The molecule has 0 aromatic carbocycles. The van der Waals surface area contributed by atoms with E-state index in [-0.39, 0.29) is 6.10 Å². The number of nitrogens with one attached hydrogen (secondary N) is 1. The van der Waals surface area contributed by atoms with Gasteiger partial charge in [-0.15, -0.1) is 0 Å². The minimum Gasteiger partial charge on any atom is -0.375 e. The van der Waals surface area contributed by atoms with Gasteiger partial charge in [-0.1, -0.05) is 11.6 Å². The Morgan fingerprint density at radius 3 is 3.14 bits per heavy atom. The van der Waals surface area contributed by atoms with Crippen molar-refractivity contribution in [1.29, 1.82) is 0 Å². The minimum atomic E-state index is 0.145. The Balaban J connectivity index is 1.63. The molecule has 114 valence electrons. The molecule has 0 saturated carbocycles. The SMILES string of the molecule is Cc1[nH]nc(CN2CCCOC(Cn3cccn3)C2)c1Cl. The molecule has 1 aliphatic heterocycles. The summed E-state index contributed by atoms with van der Waals surface area (Å²) in [5.41, 5.74) is 1.83. The van der Waals surface area contributed by atoms with Gasteiger partial charge in [-0.2, -0.15) is 10.2 Å². The largest absolute Gasteiger partial charge is 0.375 e. The zero-order valence-corrected chi connectivity index (χ0v) is 12.9. The average Bonchev–Trinajstić information content (AvgIpc) is 3.01. The van der Waals surface area contributed by atoms with E-state index in [1.54, 1.807) is 6.20 Å². The van der Waals surface area contributed by atoms with Crippen molar-refractivity contribution in [3.63, 3.8) is 0 Å². The molecule has 7 heteroatoms. The quantitative estimate of drug-likeness (QED) is 0.936. The third kappa shape index (κ3) is 3.64. The summed E-state index contributed by atoms with van der Waals surface area (Å²) in [6.45, 7) is 6.11. The lowest BCUT2D eigenvalue weighted by Crippen LogP contribution is -2.34. The van der Waals surface area contributed by atoms with Crippen LogP contribution in [0.5, 0.6) is 0 Å². The highest BCUT2D eigenvalue weighted by Gasteiger charge is 2.21. The van der Waals surface area contributed by atoms with Crippen LogP contribution in [0.25, 0.3) is 0 Å². The van der Waals surface area contributed by atoms with Crippen LogP contribution >= 0.6 is 11.6 Å². The fourth-order valence-corrected chi connectivity index (χ4v) is 2.77. The molecule has 2 aromatic heterocycles. The molecule has 0 bridgehead atoms. The van der Waals surface area contributed by atoms with Gasteiger partial charge in [0.1, 0.15) is 0 Å². The topological polar surface area (TPSA) is 59.0 Å². The van der Waals surface area contributed by atoms with Crippen LogP contribution < -0.4 is 0 Å². The monoisotopic (exact) mass is 309 g/mol. The lowest BCUT2D eigenvalue weighted by atomic mass is 10.3. The molecule has 0 radical (unpaired) electrons. The normalized spacial score (nSPS) is 20.6. The van der Waals surface area contributed by atoms with Gasteiger partial charge >= 0.3 is 0 Å². The molecule has 0 amide bonds. The Morgan fingerprint density at radius 1 is 1.52 bits per heavy atom. The van der Waals surface area contributed by atoms with Gasteiger partial charge in [-0.05, 0) is 19.4 Å². The zero-order chi connectivity index (χ0) is 14.7. The molecule has 1 N–H and O–H groups in total. The summed E-state index contributed by atoms with van der Waals surface area (Å²) in [6.07, 6.45) is 4.93. The van der Waals surface area contributed by atoms with Gasteiger partial charge < -0.3 is 4.74 Å². The summed E-state index contributed by atoms with van der Waals surface area (Å²) in [5.74, 6) is 0. The van der Waals surface area contributed by atoms with Gasteiger partial charge in [0.25, 0.3) is 0 Å². The number of aryl methyl sites for hydroxylation is 1. The number of ether oxygens (including phenoxy) is 1. The van der Waals surface area contributed by atoms with Crippen molar-refractivity contribution in [2.75, 3.05) is 19.7 Å². The summed E-state index contributed by atoms with van der Waals surface area (Å²) < 4.78 is 7.83. The summed E-state index contributed by atoms with van der Waals surface area (Å²) in [6, 6.07) is 1.93. The van der Waals surface area contributed by atoms with Crippen molar-refractivity contribution in [3.05, 3.63) is 34.9 Å². The van der Waals surface area contributed by atoms with E-state index in [4.69, 9.17) is 16.3 Å². The number of H-pyrrole nitrogens is 1. The second kappa shape index (κ2) is 6.60. The molecule has 1 atom stereocenters. The third-order valence-electron chi connectivity index (χ3n) is 3.70. The highest BCUT2D eigenvalue weighted by atomic mass is 35.5. The molecular formula is C14H20ClN5O. The smallest absolute Gasteiger partial charge is 0.0951 e. The molecule has 21 heavy (non-hydrogen) atoms. The standard InChI is InChI=1S/C14H20ClN5O/c1-11-14(15)13(18-17-11)10-19-5-3-7-21-12(8-19)9-20-6-2-4-16-20/h2,4,6,12H,3,5,7-10H2,1H3,(H,17,18). The van der Waals surface area contributed by atoms with Crippen LogP contribution in [0.15, 0.2) is 18.5 Å². The van der Waals surface area contributed by atoms with Gasteiger partial charge in [0, 0.05) is 38.6 Å². The Morgan fingerprint density at radius 2 is 2.43 bits per heavy atom. The van der Waals surface area contributed by atoms with Crippen molar-refractivity contribution in [2.24, 2.45) is 0 Å². The average molecular weight is 310 g/mol. The molecule has 3 heterocycles. The first-order valence-electron chi connectivity index (χ1n) is 7.23. The van der Waals surface area contributed by atoms with Crippen LogP contribution in [0.1, 0.15) is 17.8 Å². The number of hydrogen-bond donors (Lipinski definition) is 1. The molecule has 3 rings (SSSR count). The first-order chi connectivity index (χ1) is 10.2. The number of aromatic nitrogens is 4. The first kappa shape index (κ1) is 14.6. The summed E-state index contributed by atoms with van der Waals surface area (Å²) in [4.78, 5) is 2.35. The number of aromatic amines is 1. The molecule has 0 spiro atoms. The Bertz CT molecular complexity index is 568. The molecule has 1 unspecified atom stereocenters. The molecule has 1 saturated heterocycles. The molecule has 1 fully saturated rings. The first-order valence-corrected chi connectivity index (χ1v) is 7.61. The zero-order valence-electron chi connectivity index (χ0n) is 12.1. The molecule has 1 aliphatic rings. The maximum atomic E-state index is 6.25. The predicted molar refractivity (Wildman–Crippen MR) is 80.2 cm³/mol. The highest BCUT2D eigenvalue weighted by Crippen LogP contribution is 2.20. The van der Waals surface area contributed by atoms with Crippen molar-refractivity contribution in [1.82, 2.24) is 24.9 Å². The van der Waals surface area contributed by atoms with Gasteiger partial charge in [0.05, 0.1) is 29.1 Å². The van der Waals surface area contributed by atoms with E-state index in [1.165, 1.54) is 0 Å². The lowest BCUT2D eigenvalue weighted by Gasteiger charge is -2.23. The second-order valence-corrected chi connectivity index (χ2v) is 5.80. The highest BCUT2D eigenvalue weighted by molar-refractivity contribution is 6.31. The van der Waals surface area contributed by atoms with E-state index in [1.807, 2.05) is 23.9 Å². The lowest BCUT2D eigenvalue weighted by molar-refractivity contribution is 0.0390. The molecule has 2 aromatic rings. The number of hydrogen-bond acceptors (Lipinski definition) is 4.